The smallest absolute Gasteiger partial charge is 0.412 e. The number of rotatable bonds is 9. The molecule has 0 aliphatic heterocycles. The third kappa shape index (κ3) is 5.92. The second-order valence-electron chi connectivity index (χ2n) is 7.44. The van der Waals surface area contributed by atoms with Gasteiger partial charge in [0, 0.05) is 23.6 Å². The number of carbonyl (C=O) groups excluding carboxylic acids is 1. The van der Waals surface area contributed by atoms with Crippen LogP contribution < -0.4 is 14.8 Å². The van der Waals surface area contributed by atoms with Gasteiger partial charge in [-0.2, -0.15) is 0 Å². The molecule has 9 nitrogen and oxygen atoms in total. The molecular weight excluding hydrogens is 541 g/mol. The summed E-state index contributed by atoms with van der Waals surface area (Å²) in [5, 5.41) is 3.42. The summed E-state index contributed by atoms with van der Waals surface area (Å²) in [5.74, 6) is -0.425. The second-order valence-corrected chi connectivity index (χ2v) is 9.73. The first-order valence-electron chi connectivity index (χ1n) is 10.8. The quantitative estimate of drug-likeness (QED) is 0.143. The Balaban J connectivity index is 1.54. The van der Waals surface area contributed by atoms with Crippen molar-refractivity contribution < 1.29 is 23.4 Å². The fourth-order valence-corrected chi connectivity index (χ4v) is 5.04. The number of ether oxygens (including phenoxy) is 3. The van der Waals surface area contributed by atoms with Crippen molar-refractivity contribution in [2.24, 2.45) is 4.40 Å². The summed E-state index contributed by atoms with van der Waals surface area (Å²) in [6.45, 7) is 6.81. The molecule has 0 atom stereocenters. The van der Waals surface area contributed by atoms with Crippen LogP contribution in [-0.4, -0.2) is 48.1 Å². The van der Waals surface area contributed by atoms with Crippen LogP contribution in [0.3, 0.4) is 0 Å². The number of amides is 1. The summed E-state index contributed by atoms with van der Waals surface area (Å²) in [6, 6.07) is 5.36. The molecule has 2 aromatic heterocycles. The molecule has 1 N–H and O–H groups in total. The van der Waals surface area contributed by atoms with Gasteiger partial charge in [0.1, 0.15) is 28.8 Å². The van der Waals surface area contributed by atoms with E-state index in [1.165, 1.54) is 30.7 Å². The summed E-state index contributed by atoms with van der Waals surface area (Å²) in [4.78, 5) is 25.4. The Morgan fingerprint density at radius 2 is 2.11 bits per heavy atom. The van der Waals surface area contributed by atoms with Crippen molar-refractivity contribution >= 4 is 68.9 Å². The summed E-state index contributed by atoms with van der Waals surface area (Å²) in [5.41, 5.74) is 3.30. The van der Waals surface area contributed by atoms with E-state index in [0.29, 0.717) is 37.2 Å². The van der Waals surface area contributed by atoms with Gasteiger partial charge in [0.15, 0.2) is 11.6 Å². The molecule has 2 aromatic carbocycles. The number of carbonyl (C=O) groups is 1. The van der Waals surface area contributed by atoms with Crippen LogP contribution >= 0.6 is 34.9 Å². The van der Waals surface area contributed by atoms with Crippen LogP contribution in [0.5, 0.6) is 11.6 Å². The van der Waals surface area contributed by atoms with Crippen molar-refractivity contribution in [1.29, 1.82) is 0 Å². The minimum atomic E-state index is -0.751. The summed E-state index contributed by atoms with van der Waals surface area (Å²) in [7, 11) is 1.53. The van der Waals surface area contributed by atoms with E-state index in [4.69, 9.17) is 25.8 Å². The zero-order valence-electron chi connectivity index (χ0n) is 20.0. The third-order valence-corrected chi connectivity index (χ3v) is 7.01. The number of nitrogens with one attached hydrogen (secondary N) is 1. The Hall–Kier alpha value is -3.48. The number of alkyl carbamates (subject to hydrolysis) is 1. The van der Waals surface area contributed by atoms with Crippen molar-refractivity contribution in [2.45, 2.75) is 13.8 Å². The van der Waals surface area contributed by atoms with Gasteiger partial charge in [-0.05, 0) is 38.3 Å². The minimum Gasteiger partial charge on any atom is -0.487 e. The third-order valence-electron chi connectivity index (χ3n) is 4.97. The molecule has 0 saturated heterocycles. The van der Waals surface area contributed by atoms with Crippen LogP contribution in [0.25, 0.3) is 31.8 Å². The molecule has 4 aromatic rings. The molecular formula is C24H21ClFN5O4S2. The fraction of sp³-hybridized carbons (Fsp3) is 0.208. The Morgan fingerprint density at radius 1 is 1.30 bits per heavy atom. The molecule has 0 radical (unpaired) electrons. The lowest BCUT2D eigenvalue weighted by molar-refractivity contribution is 0.127. The van der Waals surface area contributed by atoms with Crippen LogP contribution in [0, 0.1) is 12.7 Å². The summed E-state index contributed by atoms with van der Waals surface area (Å²) >= 11 is 8.63. The number of nitrogens with zero attached hydrogens (tertiary/aromatic N) is 4. The monoisotopic (exact) mass is 561 g/mol. The molecule has 37 heavy (non-hydrogen) atoms. The lowest BCUT2D eigenvalue weighted by atomic mass is 10.1. The number of hydrogen-bond donors (Lipinski definition) is 1. The highest BCUT2D eigenvalue weighted by Crippen LogP contribution is 2.40. The number of methoxy groups -OCH3 is 1. The molecule has 0 spiro atoms. The Morgan fingerprint density at radius 3 is 2.84 bits per heavy atom. The van der Waals surface area contributed by atoms with Crippen molar-refractivity contribution in [2.75, 3.05) is 20.3 Å². The molecule has 4 rings (SSSR count). The Kier molecular flexibility index (Phi) is 8.41. The van der Waals surface area contributed by atoms with E-state index < -0.39 is 11.9 Å². The summed E-state index contributed by atoms with van der Waals surface area (Å²) < 4.78 is 34.9. The van der Waals surface area contributed by atoms with Gasteiger partial charge in [0.05, 0.1) is 34.1 Å². The van der Waals surface area contributed by atoms with Crippen LogP contribution in [0.4, 0.5) is 9.18 Å². The number of allylic oxidation sites excluding steroid dienone is 1. The molecule has 0 aliphatic rings. The molecule has 0 aliphatic carbocycles. The number of halogens is 2. The highest BCUT2D eigenvalue weighted by Gasteiger charge is 2.20. The van der Waals surface area contributed by atoms with Crippen LogP contribution in [0.1, 0.15) is 12.5 Å². The van der Waals surface area contributed by atoms with E-state index >= 15 is 0 Å². The van der Waals surface area contributed by atoms with Crippen LogP contribution in [0.2, 0.25) is 5.02 Å². The minimum absolute atomic E-state index is 0.0732. The lowest BCUT2D eigenvalue weighted by Gasteiger charge is -2.10. The van der Waals surface area contributed by atoms with E-state index in [-0.39, 0.29) is 24.0 Å². The highest BCUT2D eigenvalue weighted by atomic mass is 35.5. The molecule has 0 saturated carbocycles. The normalized spacial score (nSPS) is 11.5. The number of fused-ring (bicyclic) bond motifs is 2. The van der Waals surface area contributed by atoms with Crippen molar-refractivity contribution in [3.05, 3.63) is 51.9 Å². The predicted octanol–water partition coefficient (Wildman–Crippen LogP) is 6.33. The molecule has 1 amide bonds. The van der Waals surface area contributed by atoms with Gasteiger partial charge in [-0.3, -0.25) is 5.32 Å². The largest absolute Gasteiger partial charge is 0.487 e. The van der Waals surface area contributed by atoms with Crippen molar-refractivity contribution in [3.63, 3.8) is 0 Å². The van der Waals surface area contributed by atoms with Gasteiger partial charge in [0.2, 0.25) is 5.88 Å². The molecule has 2 heterocycles. The van der Waals surface area contributed by atoms with Gasteiger partial charge in [-0.1, -0.05) is 17.7 Å². The maximum atomic E-state index is 15.0. The van der Waals surface area contributed by atoms with E-state index in [2.05, 4.69) is 31.4 Å². The first kappa shape index (κ1) is 26.6. The number of aryl methyl sites for hydroxylation is 1. The van der Waals surface area contributed by atoms with Gasteiger partial charge >= 0.3 is 6.09 Å². The number of aromatic nitrogens is 3. The van der Waals surface area contributed by atoms with Gasteiger partial charge < -0.3 is 14.2 Å². The fourth-order valence-electron chi connectivity index (χ4n) is 3.35. The Bertz CT molecular complexity index is 1530. The molecule has 0 fully saturated rings. The van der Waals surface area contributed by atoms with E-state index in [1.807, 2.05) is 19.1 Å². The molecule has 192 valence electrons. The van der Waals surface area contributed by atoms with E-state index in [0.717, 1.165) is 23.1 Å². The van der Waals surface area contributed by atoms with Crippen molar-refractivity contribution in [1.82, 2.24) is 20.3 Å². The van der Waals surface area contributed by atoms with Gasteiger partial charge in [-0.25, -0.2) is 28.5 Å². The first-order valence-corrected chi connectivity index (χ1v) is 12.8. The predicted molar refractivity (Wildman–Crippen MR) is 145 cm³/mol. The first-order chi connectivity index (χ1) is 17.8. The van der Waals surface area contributed by atoms with Crippen molar-refractivity contribution in [3.8, 4) is 22.2 Å². The average Bonchev–Trinajstić information content (AvgIpc) is 3.32. The van der Waals surface area contributed by atoms with Crippen LogP contribution in [-0.2, 0) is 4.74 Å². The molecule has 0 bridgehead atoms. The standard InChI is InChI=1S/C24H21ClFN5O4S2/c1-5-18(37-27-3)30-24(32)35-7-6-34-15-10-16-22(19(25)20(15)26)31-23(36-16)13-8-12(2)9-14-21(13)28-11-17(29-14)33-4/h5,8-11H,3,6-7H2,1-2,4H3,(H,30,32)/b18-5-. The topological polar surface area (TPSA) is 108 Å². The number of benzene rings is 2. The maximum absolute atomic E-state index is 15.0. The second kappa shape index (κ2) is 11.7. The Labute approximate surface area is 224 Å². The maximum Gasteiger partial charge on any atom is 0.412 e. The highest BCUT2D eigenvalue weighted by molar-refractivity contribution is 8.01. The van der Waals surface area contributed by atoms with E-state index in [1.54, 1.807) is 13.0 Å². The molecule has 13 heteroatoms. The SMILES string of the molecule is C=NS/C(=C\C)NC(=O)OCCOc1cc2sc(-c3cc(C)cc4nc(OC)cnc34)nc2c(Cl)c1F. The summed E-state index contributed by atoms with van der Waals surface area (Å²) in [6.07, 6.45) is 2.49. The van der Waals surface area contributed by atoms with E-state index in [9.17, 15) is 9.18 Å². The van der Waals surface area contributed by atoms with Gasteiger partial charge in [-0.15, -0.1) is 11.3 Å². The van der Waals surface area contributed by atoms with Gasteiger partial charge in [0.25, 0.3) is 0 Å². The molecule has 0 unspecified atom stereocenters. The average molecular weight is 562 g/mol. The van der Waals surface area contributed by atoms with Crippen LogP contribution in [0.15, 0.2) is 39.9 Å². The zero-order chi connectivity index (χ0) is 26.5. The number of thiazole rings is 1. The zero-order valence-corrected chi connectivity index (χ0v) is 22.4. The number of hydrogen-bond acceptors (Lipinski definition) is 10. The lowest BCUT2D eigenvalue weighted by Crippen LogP contribution is -2.24.